The molecule has 0 atom stereocenters. The van der Waals surface area contributed by atoms with Crippen molar-refractivity contribution in [1.82, 2.24) is 15.6 Å². The molecule has 3 aromatic rings. The number of fused-ring (bicyclic) bond motifs is 1. The summed E-state index contributed by atoms with van der Waals surface area (Å²) in [6.45, 7) is 3.34. The molecule has 136 valence electrons. The molecular weight excluding hydrogens is 364 g/mol. The van der Waals surface area contributed by atoms with Gasteiger partial charge in [-0.2, -0.15) is 0 Å². The number of piperidine rings is 1. The largest absolute Gasteiger partial charge is 0.348 e. The zero-order valence-corrected chi connectivity index (χ0v) is 16.1. The van der Waals surface area contributed by atoms with E-state index in [0.717, 1.165) is 43.1 Å². The van der Waals surface area contributed by atoms with Crippen molar-refractivity contribution < 1.29 is 4.79 Å². The number of urea groups is 1. The number of hydrogen-bond acceptors (Lipinski definition) is 5. The minimum atomic E-state index is -0.0768. The van der Waals surface area contributed by atoms with Crippen LogP contribution in [-0.4, -0.2) is 30.6 Å². The van der Waals surface area contributed by atoms with Crippen LogP contribution in [0.15, 0.2) is 41.8 Å². The molecule has 0 unspecified atom stereocenters. The Morgan fingerprint density at radius 2 is 2.00 bits per heavy atom. The molecule has 0 radical (unpaired) electrons. The van der Waals surface area contributed by atoms with Crippen molar-refractivity contribution in [3.05, 3.63) is 46.7 Å². The molecule has 2 N–H and O–H groups in total. The predicted octanol–water partition coefficient (Wildman–Crippen LogP) is 4.07. The number of para-hydroxylation sites is 1. The van der Waals surface area contributed by atoms with Gasteiger partial charge in [0, 0.05) is 24.5 Å². The molecule has 1 saturated heterocycles. The fourth-order valence-electron chi connectivity index (χ4n) is 3.20. The molecule has 0 aliphatic carbocycles. The number of anilines is 1. The number of amides is 2. The van der Waals surface area contributed by atoms with Crippen molar-refractivity contribution in [2.24, 2.45) is 5.92 Å². The number of thiazole rings is 1. The molecule has 3 heterocycles. The lowest BCUT2D eigenvalue weighted by Crippen LogP contribution is -2.41. The van der Waals surface area contributed by atoms with Crippen LogP contribution in [0.3, 0.4) is 0 Å². The highest BCUT2D eigenvalue weighted by Crippen LogP contribution is 2.31. The Morgan fingerprint density at radius 3 is 2.77 bits per heavy atom. The molecule has 0 bridgehead atoms. The maximum Gasteiger partial charge on any atom is 0.315 e. The third-order valence-electron chi connectivity index (χ3n) is 4.72. The van der Waals surface area contributed by atoms with E-state index in [0.29, 0.717) is 12.5 Å². The average Bonchev–Trinajstić information content (AvgIpc) is 3.34. The lowest BCUT2D eigenvalue weighted by molar-refractivity contribution is 0.237. The van der Waals surface area contributed by atoms with E-state index >= 15 is 0 Å². The van der Waals surface area contributed by atoms with Crippen LogP contribution in [0.5, 0.6) is 0 Å². The number of nitrogens with one attached hydrogen (secondary N) is 2. The van der Waals surface area contributed by atoms with Gasteiger partial charge in [-0.1, -0.05) is 29.5 Å². The quantitative estimate of drug-likeness (QED) is 0.695. The van der Waals surface area contributed by atoms with Gasteiger partial charge in [-0.3, -0.25) is 0 Å². The number of benzene rings is 1. The molecule has 1 aliphatic rings. The van der Waals surface area contributed by atoms with Gasteiger partial charge in [0.2, 0.25) is 0 Å². The third kappa shape index (κ3) is 4.16. The standard InChI is InChI=1S/C19H22N4OS2/c24-18(21-13-15-4-3-11-25-15)20-12-14-7-9-23(10-8-14)19-22-16-5-1-2-6-17(16)26-19/h1-6,11,14H,7-10,12-13H2,(H2,20,21,24). The highest BCUT2D eigenvalue weighted by Gasteiger charge is 2.22. The van der Waals surface area contributed by atoms with Gasteiger partial charge in [0.15, 0.2) is 5.13 Å². The van der Waals surface area contributed by atoms with E-state index in [9.17, 15) is 4.79 Å². The van der Waals surface area contributed by atoms with Crippen LogP contribution >= 0.6 is 22.7 Å². The van der Waals surface area contributed by atoms with E-state index in [-0.39, 0.29) is 6.03 Å². The Balaban J connectivity index is 1.21. The third-order valence-corrected chi connectivity index (χ3v) is 6.70. The smallest absolute Gasteiger partial charge is 0.315 e. The minimum Gasteiger partial charge on any atom is -0.348 e. The lowest BCUT2D eigenvalue weighted by Gasteiger charge is -2.31. The summed E-state index contributed by atoms with van der Waals surface area (Å²) in [6, 6.07) is 12.2. The molecule has 0 spiro atoms. The summed E-state index contributed by atoms with van der Waals surface area (Å²) in [7, 11) is 0. The zero-order valence-electron chi connectivity index (χ0n) is 14.5. The monoisotopic (exact) mass is 386 g/mol. The number of hydrogen-bond donors (Lipinski definition) is 2. The van der Waals surface area contributed by atoms with E-state index in [4.69, 9.17) is 4.98 Å². The molecule has 1 fully saturated rings. The summed E-state index contributed by atoms with van der Waals surface area (Å²) in [5, 5.41) is 9.07. The van der Waals surface area contributed by atoms with E-state index < -0.39 is 0 Å². The molecule has 2 amide bonds. The molecule has 7 heteroatoms. The molecular formula is C19H22N4OS2. The Kier molecular flexibility index (Phi) is 5.36. The highest BCUT2D eigenvalue weighted by molar-refractivity contribution is 7.22. The second kappa shape index (κ2) is 8.05. The van der Waals surface area contributed by atoms with Gasteiger partial charge < -0.3 is 15.5 Å². The van der Waals surface area contributed by atoms with E-state index in [1.54, 1.807) is 22.7 Å². The van der Waals surface area contributed by atoms with Crippen molar-refractivity contribution in [2.75, 3.05) is 24.5 Å². The number of carbonyl (C=O) groups is 1. The van der Waals surface area contributed by atoms with E-state index in [1.807, 2.05) is 23.6 Å². The second-order valence-electron chi connectivity index (χ2n) is 6.54. The summed E-state index contributed by atoms with van der Waals surface area (Å²) in [6.07, 6.45) is 2.17. The van der Waals surface area contributed by atoms with Gasteiger partial charge in [0.05, 0.1) is 16.8 Å². The lowest BCUT2D eigenvalue weighted by atomic mass is 9.97. The van der Waals surface area contributed by atoms with Crippen LogP contribution in [-0.2, 0) is 6.54 Å². The van der Waals surface area contributed by atoms with Crippen LogP contribution < -0.4 is 15.5 Å². The Morgan fingerprint density at radius 1 is 1.15 bits per heavy atom. The Hall–Kier alpha value is -2.12. The topological polar surface area (TPSA) is 57.3 Å². The minimum absolute atomic E-state index is 0.0768. The van der Waals surface area contributed by atoms with Gasteiger partial charge in [0.25, 0.3) is 0 Å². The van der Waals surface area contributed by atoms with Crippen LogP contribution in [0.2, 0.25) is 0 Å². The predicted molar refractivity (Wildman–Crippen MR) is 109 cm³/mol. The number of rotatable bonds is 5. The van der Waals surface area contributed by atoms with E-state index in [2.05, 4.69) is 33.7 Å². The summed E-state index contributed by atoms with van der Waals surface area (Å²) >= 11 is 3.42. The van der Waals surface area contributed by atoms with Crippen molar-refractivity contribution in [1.29, 1.82) is 0 Å². The van der Waals surface area contributed by atoms with Gasteiger partial charge in [-0.05, 0) is 42.3 Å². The van der Waals surface area contributed by atoms with Gasteiger partial charge in [-0.15, -0.1) is 11.3 Å². The van der Waals surface area contributed by atoms with Crippen LogP contribution in [0, 0.1) is 5.92 Å². The normalized spacial score (nSPS) is 15.3. The van der Waals surface area contributed by atoms with Crippen molar-refractivity contribution in [2.45, 2.75) is 19.4 Å². The zero-order chi connectivity index (χ0) is 17.8. The molecule has 0 saturated carbocycles. The average molecular weight is 387 g/mol. The molecule has 5 nitrogen and oxygen atoms in total. The molecule has 4 rings (SSSR count). The van der Waals surface area contributed by atoms with E-state index in [1.165, 1.54) is 9.58 Å². The van der Waals surface area contributed by atoms with Crippen molar-refractivity contribution in [3.63, 3.8) is 0 Å². The van der Waals surface area contributed by atoms with Crippen molar-refractivity contribution in [3.8, 4) is 0 Å². The summed E-state index contributed by atoms with van der Waals surface area (Å²) in [5.74, 6) is 0.535. The summed E-state index contributed by atoms with van der Waals surface area (Å²) < 4.78 is 1.24. The molecule has 1 aliphatic heterocycles. The Labute approximate surface area is 161 Å². The van der Waals surface area contributed by atoms with Gasteiger partial charge in [0.1, 0.15) is 0 Å². The fraction of sp³-hybridized carbons (Fsp3) is 0.368. The Bertz CT molecular complexity index is 820. The van der Waals surface area contributed by atoms with Gasteiger partial charge in [-0.25, -0.2) is 9.78 Å². The number of nitrogens with zero attached hydrogens (tertiary/aromatic N) is 2. The maximum absolute atomic E-state index is 11.9. The van der Waals surface area contributed by atoms with Crippen LogP contribution in [0.4, 0.5) is 9.93 Å². The summed E-state index contributed by atoms with van der Waals surface area (Å²) in [5.41, 5.74) is 1.08. The van der Waals surface area contributed by atoms with Gasteiger partial charge >= 0.3 is 6.03 Å². The summed E-state index contributed by atoms with van der Waals surface area (Å²) in [4.78, 5) is 20.2. The molecule has 1 aromatic carbocycles. The van der Waals surface area contributed by atoms with Crippen molar-refractivity contribution >= 4 is 44.1 Å². The maximum atomic E-state index is 11.9. The first kappa shape index (κ1) is 17.3. The number of carbonyl (C=O) groups excluding carboxylic acids is 1. The molecule has 2 aromatic heterocycles. The van der Waals surface area contributed by atoms with Crippen LogP contribution in [0.1, 0.15) is 17.7 Å². The van der Waals surface area contributed by atoms with Crippen LogP contribution in [0.25, 0.3) is 10.2 Å². The fourth-order valence-corrected chi connectivity index (χ4v) is 4.87. The first-order valence-electron chi connectivity index (χ1n) is 8.92. The first-order chi connectivity index (χ1) is 12.8. The second-order valence-corrected chi connectivity index (χ2v) is 8.58. The number of thiophene rings is 1. The number of aromatic nitrogens is 1. The SMILES string of the molecule is O=C(NCc1cccs1)NCC1CCN(c2nc3ccccc3s2)CC1. The first-order valence-corrected chi connectivity index (χ1v) is 10.6. The molecule has 26 heavy (non-hydrogen) atoms. The highest BCUT2D eigenvalue weighted by atomic mass is 32.1.